The van der Waals surface area contributed by atoms with Gasteiger partial charge < -0.3 is 20.1 Å². The van der Waals surface area contributed by atoms with Crippen LogP contribution in [0.4, 0.5) is 4.79 Å². The Hall–Kier alpha value is -1.07. The summed E-state index contributed by atoms with van der Waals surface area (Å²) in [5.41, 5.74) is -0.448. The molecule has 0 aromatic rings. The Bertz CT molecular complexity index is 292. The number of rotatable bonds is 6. The lowest BCUT2D eigenvalue weighted by Gasteiger charge is -2.19. The Morgan fingerprint density at radius 1 is 1.37 bits per heavy atom. The fraction of sp³-hybridized carbons (Fsp3) is 0.786. The molecule has 1 rings (SSSR count). The van der Waals surface area contributed by atoms with Gasteiger partial charge in [0.1, 0.15) is 5.60 Å². The normalized spacial score (nSPS) is 19.8. The molecule has 0 aliphatic carbocycles. The molecule has 0 spiro atoms. The van der Waals surface area contributed by atoms with E-state index in [1.54, 1.807) is 0 Å². The van der Waals surface area contributed by atoms with E-state index in [0.717, 1.165) is 26.1 Å². The largest absolute Gasteiger partial charge is 0.444 e. The summed E-state index contributed by atoms with van der Waals surface area (Å²) in [6, 6.07) is 0. The van der Waals surface area contributed by atoms with E-state index in [-0.39, 0.29) is 6.09 Å². The van der Waals surface area contributed by atoms with Crippen LogP contribution in [-0.4, -0.2) is 44.0 Å². The summed E-state index contributed by atoms with van der Waals surface area (Å²) < 4.78 is 10.6. The quantitative estimate of drug-likeness (QED) is 0.571. The number of carbonyl (C=O) groups is 1. The predicted molar refractivity (Wildman–Crippen MR) is 75.2 cm³/mol. The third kappa shape index (κ3) is 8.61. The molecule has 0 radical (unpaired) electrons. The Labute approximate surface area is 115 Å². The molecule has 0 bridgehead atoms. The van der Waals surface area contributed by atoms with Crippen LogP contribution in [0.1, 0.15) is 33.6 Å². The van der Waals surface area contributed by atoms with Gasteiger partial charge in [0.05, 0.1) is 6.10 Å². The van der Waals surface area contributed by atoms with Crippen molar-refractivity contribution in [1.29, 1.82) is 0 Å². The van der Waals surface area contributed by atoms with Crippen LogP contribution in [0.5, 0.6) is 0 Å². The third-order valence-corrected chi connectivity index (χ3v) is 2.59. The van der Waals surface area contributed by atoms with Crippen molar-refractivity contribution in [2.75, 3.05) is 26.2 Å². The second-order valence-corrected chi connectivity index (χ2v) is 5.65. The maximum atomic E-state index is 11.3. The monoisotopic (exact) mass is 270 g/mol. The second kappa shape index (κ2) is 8.17. The average Bonchev–Trinajstić information content (AvgIpc) is 2.78. The molecule has 5 nitrogen and oxygen atoms in total. The Morgan fingerprint density at radius 2 is 2.11 bits per heavy atom. The number of carbonyl (C=O) groups excluding carboxylic acids is 1. The maximum absolute atomic E-state index is 11.3. The molecular formula is C14H26N2O3. The minimum atomic E-state index is -0.448. The molecule has 19 heavy (non-hydrogen) atoms. The van der Waals surface area contributed by atoms with E-state index >= 15 is 0 Å². The molecule has 1 aliphatic rings. The van der Waals surface area contributed by atoms with Crippen LogP contribution in [0.3, 0.4) is 0 Å². The highest BCUT2D eigenvalue weighted by Crippen LogP contribution is 2.10. The molecule has 1 heterocycles. The SMILES string of the molecule is CC(C)(C)OC(=O)NC/C=C/CNCC1CCCO1. The van der Waals surface area contributed by atoms with Gasteiger partial charge in [0.15, 0.2) is 0 Å². The summed E-state index contributed by atoms with van der Waals surface area (Å²) in [6.45, 7) is 8.59. The lowest BCUT2D eigenvalue weighted by atomic mass is 10.2. The molecule has 2 N–H and O–H groups in total. The minimum Gasteiger partial charge on any atom is -0.444 e. The molecule has 1 fully saturated rings. The lowest BCUT2D eigenvalue weighted by molar-refractivity contribution is 0.0534. The van der Waals surface area contributed by atoms with E-state index in [1.807, 2.05) is 32.9 Å². The zero-order chi connectivity index (χ0) is 14.1. The summed E-state index contributed by atoms with van der Waals surface area (Å²) >= 11 is 0. The second-order valence-electron chi connectivity index (χ2n) is 5.65. The fourth-order valence-electron chi connectivity index (χ4n) is 1.76. The van der Waals surface area contributed by atoms with E-state index in [0.29, 0.717) is 12.6 Å². The number of alkyl carbamates (subject to hydrolysis) is 1. The van der Waals surface area contributed by atoms with Crippen molar-refractivity contribution in [2.24, 2.45) is 0 Å². The summed E-state index contributed by atoms with van der Waals surface area (Å²) in [7, 11) is 0. The lowest BCUT2D eigenvalue weighted by Crippen LogP contribution is -2.32. The Balaban J connectivity index is 1.96. The zero-order valence-corrected chi connectivity index (χ0v) is 12.2. The molecule has 1 unspecified atom stereocenters. The smallest absolute Gasteiger partial charge is 0.407 e. The van der Waals surface area contributed by atoms with E-state index < -0.39 is 5.60 Å². The standard InChI is InChI=1S/C14H26N2O3/c1-14(2,3)19-13(17)16-9-5-4-8-15-11-12-7-6-10-18-12/h4-5,12,15H,6-11H2,1-3H3,(H,16,17)/b5-4+. The Kier molecular flexibility index (Phi) is 6.87. The van der Waals surface area contributed by atoms with E-state index in [4.69, 9.17) is 9.47 Å². The first-order chi connectivity index (χ1) is 8.97. The summed E-state index contributed by atoms with van der Waals surface area (Å²) in [5.74, 6) is 0. The fourth-order valence-corrected chi connectivity index (χ4v) is 1.76. The highest BCUT2D eigenvalue weighted by Gasteiger charge is 2.15. The van der Waals surface area contributed by atoms with Crippen LogP contribution in [0.2, 0.25) is 0 Å². The van der Waals surface area contributed by atoms with E-state index in [2.05, 4.69) is 10.6 Å². The van der Waals surface area contributed by atoms with Gasteiger partial charge in [-0.1, -0.05) is 12.2 Å². The van der Waals surface area contributed by atoms with Crippen LogP contribution >= 0.6 is 0 Å². The molecule has 0 aromatic heterocycles. The molecule has 110 valence electrons. The zero-order valence-electron chi connectivity index (χ0n) is 12.2. The topological polar surface area (TPSA) is 59.6 Å². The molecular weight excluding hydrogens is 244 g/mol. The van der Waals surface area contributed by atoms with Crippen LogP contribution < -0.4 is 10.6 Å². The van der Waals surface area contributed by atoms with Gasteiger partial charge in [-0.05, 0) is 33.6 Å². The average molecular weight is 270 g/mol. The number of ether oxygens (including phenoxy) is 2. The summed E-state index contributed by atoms with van der Waals surface area (Å²) in [6.07, 6.45) is 6.20. The van der Waals surface area contributed by atoms with Crippen LogP contribution in [0.25, 0.3) is 0 Å². The van der Waals surface area contributed by atoms with E-state index in [1.165, 1.54) is 6.42 Å². The first kappa shape index (κ1) is 16.0. The van der Waals surface area contributed by atoms with Crippen molar-refractivity contribution in [3.8, 4) is 0 Å². The van der Waals surface area contributed by atoms with Gasteiger partial charge >= 0.3 is 6.09 Å². The molecule has 1 amide bonds. The summed E-state index contributed by atoms with van der Waals surface area (Å²) in [5, 5.41) is 5.97. The van der Waals surface area contributed by atoms with Crippen molar-refractivity contribution < 1.29 is 14.3 Å². The van der Waals surface area contributed by atoms with Crippen molar-refractivity contribution in [3.63, 3.8) is 0 Å². The van der Waals surface area contributed by atoms with E-state index in [9.17, 15) is 4.79 Å². The molecule has 0 aromatic carbocycles. The maximum Gasteiger partial charge on any atom is 0.407 e. The third-order valence-electron chi connectivity index (χ3n) is 2.59. The number of nitrogens with one attached hydrogen (secondary N) is 2. The molecule has 1 saturated heterocycles. The Morgan fingerprint density at radius 3 is 2.74 bits per heavy atom. The van der Waals surface area contributed by atoms with Crippen molar-refractivity contribution in [2.45, 2.75) is 45.3 Å². The van der Waals surface area contributed by atoms with Crippen molar-refractivity contribution >= 4 is 6.09 Å². The van der Waals surface area contributed by atoms with Crippen LogP contribution in [0.15, 0.2) is 12.2 Å². The first-order valence-corrected chi connectivity index (χ1v) is 6.91. The van der Waals surface area contributed by atoms with Gasteiger partial charge in [-0.25, -0.2) is 4.79 Å². The highest BCUT2D eigenvalue weighted by atomic mass is 16.6. The number of hydrogen-bond donors (Lipinski definition) is 2. The van der Waals surface area contributed by atoms with Crippen molar-refractivity contribution in [3.05, 3.63) is 12.2 Å². The van der Waals surface area contributed by atoms with Crippen LogP contribution in [-0.2, 0) is 9.47 Å². The number of hydrogen-bond acceptors (Lipinski definition) is 4. The molecule has 1 aliphatic heterocycles. The van der Waals surface area contributed by atoms with Gasteiger partial charge in [0.25, 0.3) is 0 Å². The molecule has 5 heteroatoms. The highest BCUT2D eigenvalue weighted by molar-refractivity contribution is 5.67. The molecule has 0 saturated carbocycles. The van der Waals surface area contributed by atoms with Crippen LogP contribution in [0, 0.1) is 0 Å². The number of amides is 1. The van der Waals surface area contributed by atoms with Gasteiger partial charge in [-0.15, -0.1) is 0 Å². The summed E-state index contributed by atoms with van der Waals surface area (Å²) in [4.78, 5) is 11.3. The van der Waals surface area contributed by atoms with Gasteiger partial charge in [-0.3, -0.25) is 0 Å². The first-order valence-electron chi connectivity index (χ1n) is 6.91. The minimum absolute atomic E-state index is 0.369. The molecule has 1 atom stereocenters. The predicted octanol–water partition coefficient (Wildman–Crippen LogP) is 1.84. The van der Waals surface area contributed by atoms with Crippen molar-refractivity contribution in [1.82, 2.24) is 10.6 Å². The van der Waals surface area contributed by atoms with Gasteiger partial charge in [-0.2, -0.15) is 0 Å². The van der Waals surface area contributed by atoms with Gasteiger partial charge in [0.2, 0.25) is 0 Å². The van der Waals surface area contributed by atoms with Gasteiger partial charge in [0, 0.05) is 26.2 Å².